The minimum absolute atomic E-state index is 0. The van der Waals surface area contributed by atoms with E-state index in [1.165, 1.54) is 16.8 Å². The lowest BCUT2D eigenvalue weighted by Gasteiger charge is -2.14. The van der Waals surface area contributed by atoms with Crippen LogP contribution in [0.3, 0.4) is 0 Å². The summed E-state index contributed by atoms with van der Waals surface area (Å²) >= 11 is 0. The molecule has 4 rings (SSSR count). The molecule has 2 aromatic carbocycles. The lowest BCUT2D eigenvalue weighted by Crippen LogP contribution is -2.13. The third-order valence-corrected chi connectivity index (χ3v) is 4.96. The summed E-state index contributed by atoms with van der Waals surface area (Å²) in [5.74, 6) is 0.148. The summed E-state index contributed by atoms with van der Waals surface area (Å²) in [5.41, 5.74) is 7.54. The molecule has 0 unspecified atom stereocenters. The van der Waals surface area contributed by atoms with Crippen molar-refractivity contribution in [2.45, 2.75) is 20.0 Å². The summed E-state index contributed by atoms with van der Waals surface area (Å²) < 4.78 is 2.20. The van der Waals surface area contributed by atoms with Gasteiger partial charge < -0.3 is 9.47 Å². The molecule has 1 aliphatic carbocycles. The lowest BCUT2D eigenvalue weighted by molar-refractivity contribution is 0.103. The van der Waals surface area contributed by atoms with Gasteiger partial charge in [-0.3, -0.25) is 4.79 Å². The van der Waals surface area contributed by atoms with Crippen LogP contribution in [-0.2, 0) is 13.1 Å². The fourth-order valence-corrected chi connectivity index (χ4v) is 3.82. The molecule has 1 aromatic heterocycles. The van der Waals surface area contributed by atoms with Gasteiger partial charge in [0.1, 0.15) is 0 Å². The molecule has 1 heterocycles. The number of aromatic nitrogens is 1. The second-order valence-electron chi connectivity index (χ2n) is 6.97. The van der Waals surface area contributed by atoms with Gasteiger partial charge in [0.15, 0.2) is 0 Å². The first-order valence-corrected chi connectivity index (χ1v) is 8.62. The van der Waals surface area contributed by atoms with Crippen molar-refractivity contribution >= 4 is 18.2 Å². The van der Waals surface area contributed by atoms with E-state index >= 15 is 0 Å². The minimum atomic E-state index is 0. The van der Waals surface area contributed by atoms with Crippen LogP contribution in [0, 0.1) is 6.92 Å². The van der Waals surface area contributed by atoms with Crippen molar-refractivity contribution in [1.29, 1.82) is 0 Å². The van der Waals surface area contributed by atoms with Gasteiger partial charge in [0, 0.05) is 29.9 Å². The normalized spacial score (nSPS) is 12.1. The molecular formula is C22H23ClN2O. The molecule has 0 radical (unpaired) electrons. The van der Waals surface area contributed by atoms with E-state index in [9.17, 15) is 4.79 Å². The van der Waals surface area contributed by atoms with Gasteiger partial charge in [-0.15, -0.1) is 12.4 Å². The van der Waals surface area contributed by atoms with Gasteiger partial charge in [-0.05, 0) is 37.7 Å². The molecule has 0 atom stereocenters. The van der Waals surface area contributed by atoms with Crippen LogP contribution >= 0.6 is 12.4 Å². The lowest BCUT2D eigenvalue weighted by atomic mass is 10.0. The van der Waals surface area contributed by atoms with Crippen molar-refractivity contribution in [2.75, 3.05) is 14.1 Å². The highest BCUT2D eigenvalue weighted by atomic mass is 35.5. The van der Waals surface area contributed by atoms with Crippen molar-refractivity contribution < 1.29 is 4.79 Å². The fraction of sp³-hybridized carbons (Fsp3) is 0.227. The number of benzene rings is 2. The van der Waals surface area contributed by atoms with Crippen LogP contribution in [0.1, 0.15) is 32.9 Å². The van der Waals surface area contributed by atoms with Crippen molar-refractivity contribution in [3.63, 3.8) is 0 Å². The molecule has 1 aliphatic rings. The quantitative estimate of drug-likeness (QED) is 0.529. The van der Waals surface area contributed by atoms with Gasteiger partial charge in [-0.2, -0.15) is 0 Å². The number of carbonyl (C=O) groups excluding carboxylic acids is 1. The van der Waals surface area contributed by atoms with E-state index in [2.05, 4.69) is 48.7 Å². The first-order chi connectivity index (χ1) is 12.1. The number of hydrogen-bond donors (Lipinski definition) is 0. The first kappa shape index (κ1) is 18.4. The standard InChI is InChI=1S/C22H22N2O.ClH/c1-15-19(14-23(2)3)20-17-11-7-8-12-18(17)22(25)21(20)24(15)13-16-9-5-4-6-10-16;/h4-12H,13-14H2,1-3H3;1H. The maximum Gasteiger partial charge on any atom is 0.210 e. The highest BCUT2D eigenvalue weighted by Gasteiger charge is 2.34. The summed E-state index contributed by atoms with van der Waals surface area (Å²) in [6.07, 6.45) is 0. The Morgan fingerprint density at radius 3 is 2.19 bits per heavy atom. The average molecular weight is 367 g/mol. The maximum atomic E-state index is 13.1. The number of halogens is 1. The van der Waals surface area contributed by atoms with Crippen molar-refractivity contribution in [2.24, 2.45) is 0 Å². The van der Waals surface area contributed by atoms with E-state index in [-0.39, 0.29) is 18.2 Å². The van der Waals surface area contributed by atoms with E-state index in [0.717, 1.165) is 35.5 Å². The van der Waals surface area contributed by atoms with E-state index in [4.69, 9.17) is 0 Å². The van der Waals surface area contributed by atoms with Gasteiger partial charge >= 0.3 is 0 Å². The molecule has 0 amide bonds. The van der Waals surface area contributed by atoms with Gasteiger partial charge in [-0.1, -0.05) is 54.6 Å². The topological polar surface area (TPSA) is 25.2 Å². The van der Waals surface area contributed by atoms with Gasteiger partial charge in [0.05, 0.1) is 5.69 Å². The third kappa shape index (κ3) is 2.87. The summed E-state index contributed by atoms with van der Waals surface area (Å²) in [4.78, 5) is 15.3. The second kappa shape index (κ2) is 7.10. The summed E-state index contributed by atoms with van der Waals surface area (Å²) in [6, 6.07) is 18.3. The number of hydrogen-bond acceptors (Lipinski definition) is 2. The van der Waals surface area contributed by atoms with Crippen LogP contribution in [0.4, 0.5) is 0 Å². The highest BCUT2D eigenvalue weighted by molar-refractivity contribution is 6.21. The van der Waals surface area contributed by atoms with Crippen molar-refractivity contribution in [1.82, 2.24) is 9.47 Å². The Hall–Kier alpha value is -2.36. The zero-order valence-electron chi connectivity index (χ0n) is 15.3. The monoisotopic (exact) mass is 366 g/mol. The Labute approximate surface area is 160 Å². The smallest absolute Gasteiger partial charge is 0.210 e. The largest absolute Gasteiger partial charge is 0.337 e. The average Bonchev–Trinajstić information content (AvgIpc) is 3.04. The van der Waals surface area contributed by atoms with Crippen LogP contribution in [0.15, 0.2) is 54.6 Å². The number of ketones is 1. The van der Waals surface area contributed by atoms with Gasteiger partial charge in [0.2, 0.25) is 5.78 Å². The SMILES string of the molecule is Cc1c(CN(C)C)c2c(n1Cc1ccccc1)C(=O)c1ccccc1-2.Cl. The molecule has 4 heteroatoms. The van der Waals surface area contributed by atoms with Gasteiger partial charge in [0.25, 0.3) is 0 Å². The highest BCUT2D eigenvalue weighted by Crippen LogP contribution is 2.42. The van der Waals surface area contributed by atoms with E-state index < -0.39 is 0 Å². The molecular weight excluding hydrogens is 344 g/mol. The van der Waals surface area contributed by atoms with Crippen molar-refractivity contribution in [3.8, 4) is 11.1 Å². The van der Waals surface area contributed by atoms with Crippen molar-refractivity contribution in [3.05, 3.63) is 82.7 Å². The molecule has 0 aliphatic heterocycles. The molecule has 3 nitrogen and oxygen atoms in total. The fourth-order valence-electron chi connectivity index (χ4n) is 3.82. The maximum absolute atomic E-state index is 13.1. The summed E-state index contributed by atoms with van der Waals surface area (Å²) in [6.45, 7) is 3.69. The zero-order valence-corrected chi connectivity index (χ0v) is 16.1. The Morgan fingerprint density at radius 1 is 0.923 bits per heavy atom. The van der Waals surface area contributed by atoms with Crippen LogP contribution in [0.2, 0.25) is 0 Å². The molecule has 0 bridgehead atoms. The van der Waals surface area contributed by atoms with Crippen LogP contribution < -0.4 is 0 Å². The third-order valence-electron chi connectivity index (χ3n) is 4.96. The number of carbonyl (C=O) groups is 1. The molecule has 0 spiro atoms. The Balaban J connectivity index is 0.00000196. The van der Waals surface area contributed by atoms with Gasteiger partial charge in [-0.25, -0.2) is 0 Å². The summed E-state index contributed by atoms with van der Waals surface area (Å²) in [7, 11) is 4.14. The Morgan fingerprint density at radius 2 is 1.54 bits per heavy atom. The van der Waals surface area contributed by atoms with Crippen LogP contribution in [0.5, 0.6) is 0 Å². The first-order valence-electron chi connectivity index (χ1n) is 8.62. The molecule has 26 heavy (non-hydrogen) atoms. The number of rotatable bonds is 4. The van der Waals surface area contributed by atoms with E-state index in [0.29, 0.717) is 0 Å². The van der Waals surface area contributed by atoms with E-state index in [1.807, 2.05) is 36.4 Å². The molecule has 134 valence electrons. The zero-order chi connectivity index (χ0) is 17.6. The Bertz CT molecular complexity index is 958. The second-order valence-corrected chi connectivity index (χ2v) is 6.97. The number of fused-ring (bicyclic) bond motifs is 3. The molecule has 0 saturated carbocycles. The predicted octanol–water partition coefficient (Wildman–Crippen LogP) is 4.54. The molecule has 0 fully saturated rings. The van der Waals surface area contributed by atoms with E-state index in [1.54, 1.807) is 0 Å². The van der Waals surface area contributed by atoms with Crippen LogP contribution in [0.25, 0.3) is 11.1 Å². The molecule has 0 N–H and O–H groups in total. The summed E-state index contributed by atoms with van der Waals surface area (Å²) in [5, 5.41) is 0. The Kier molecular flexibility index (Phi) is 5.03. The predicted molar refractivity (Wildman–Crippen MR) is 108 cm³/mol. The van der Waals surface area contributed by atoms with Crippen LogP contribution in [-0.4, -0.2) is 29.3 Å². The molecule has 0 saturated heterocycles. The molecule has 3 aromatic rings. The minimum Gasteiger partial charge on any atom is -0.337 e. The number of nitrogens with zero attached hydrogens (tertiary/aromatic N) is 2.